The monoisotopic (exact) mass is 831 g/mol. The Hall–Kier alpha value is -6.78. The van der Waals surface area contributed by atoms with E-state index in [-0.39, 0.29) is 23.0 Å². The summed E-state index contributed by atoms with van der Waals surface area (Å²) in [5, 5.41) is 0. The molecule has 0 atom stereocenters. The molecule has 0 radical (unpaired) electrons. The Kier molecular flexibility index (Phi) is 9.98. The Labute approximate surface area is 381 Å². The van der Waals surface area contributed by atoms with Gasteiger partial charge in [0, 0.05) is 51.2 Å². The van der Waals surface area contributed by atoms with E-state index in [9.17, 15) is 0 Å². The lowest BCUT2D eigenvalue weighted by atomic mass is 9.33. The third-order valence-corrected chi connectivity index (χ3v) is 13.3. The molecule has 3 nitrogen and oxygen atoms in total. The van der Waals surface area contributed by atoms with Crippen molar-refractivity contribution in [2.24, 2.45) is 0 Å². The number of hydrogen-bond acceptors (Lipinski definition) is 3. The van der Waals surface area contributed by atoms with Crippen LogP contribution in [-0.2, 0) is 16.2 Å². The van der Waals surface area contributed by atoms with Crippen molar-refractivity contribution in [1.82, 2.24) is 0 Å². The van der Waals surface area contributed by atoms with E-state index in [0.717, 1.165) is 28.4 Å². The van der Waals surface area contributed by atoms with Crippen LogP contribution in [0, 0.1) is 0 Å². The third kappa shape index (κ3) is 7.29. The van der Waals surface area contributed by atoms with E-state index in [2.05, 4.69) is 265 Å². The fourth-order valence-electron chi connectivity index (χ4n) is 9.74. The van der Waals surface area contributed by atoms with E-state index in [1.165, 1.54) is 67.0 Å². The van der Waals surface area contributed by atoms with Gasteiger partial charge in [0.1, 0.15) is 0 Å². The van der Waals surface area contributed by atoms with Crippen molar-refractivity contribution in [1.29, 1.82) is 0 Å². The molecular formula is C60H58BN3. The summed E-state index contributed by atoms with van der Waals surface area (Å²) in [5.74, 6) is 0. The van der Waals surface area contributed by atoms with Crippen molar-refractivity contribution in [2.75, 3.05) is 14.7 Å². The highest BCUT2D eigenvalue weighted by Gasteiger charge is 2.44. The average Bonchev–Trinajstić information content (AvgIpc) is 3.29. The van der Waals surface area contributed by atoms with Gasteiger partial charge >= 0.3 is 0 Å². The SMILES string of the molecule is CC(C)(C)c1ccc(N2c3cc(-c4ccccc4)ccc3B3c4ccc(N(c5ccccc5)c5ccccc5)cc4N(c4ccc(C(C)(C)C)cc4)c4cc(C(C)(C)C)cc2c43)cc1. The fraction of sp³-hybridized carbons (Fsp3) is 0.200. The third-order valence-electron chi connectivity index (χ3n) is 13.3. The van der Waals surface area contributed by atoms with Crippen LogP contribution in [0.4, 0.5) is 51.2 Å². The van der Waals surface area contributed by atoms with Gasteiger partial charge in [-0.3, -0.25) is 0 Å². The Morgan fingerprint density at radius 1 is 0.344 bits per heavy atom. The van der Waals surface area contributed by atoms with Gasteiger partial charge < -0.3 is 14.7 Å². The molecule has 8 aromatic rings. The van der Waals surface area contributed by atoms with Crippen LogP contribution < -0.4 is 31.1 Å². The Morgan fingerprint density at radius 3 is 1.22 bits per heavy atom. The lowest BCUT2D eigenvalue weighted by Gasteiger charge is -2.45. The lowest BCUT2D eigenvalue weighted by molar-refractivity contribution is 0.590. The van der Waals surface area contributed by atoms with Crippen molar-refractivity contribution in [2.45, 2.75) is 78.6 Å². The molecule has 0 spiro atoms. The maximum absolute atomic E-state index is 2.56. The molecule has 316 valence electrons. The zero-order valence-electron chi connectivity index (χ0n) is 38.8. The van der Waals surface area contributed by atoms with Crippen LogP contribution in [0.25, 0.3) is 11.1 Å². The number of anilines is 9. The van der Waals surface area contributed by atoms with E-state index in [1.807, 2.05) is 0 Å². The zero-order chi connectivity index (χ0) is 44.5. The van der Waals surface area contributed by atoms with E-state index in [1.54, 1.807) is 0 Å². The second-order valence-corrected chi connectivity index (χ2v) is 20.8. The number of para-hydroxylation sites is 2. The molecule has 0 amide bonds. The summed E-state index contributed by atoms with van der Waals surface area (Å²) in [6, 6.07) is 70.4. The molecule has 0 unspecified atom stereocenters. The van der Waals surface area contributed by atoms with Crippen LogP contribution >= 0.6 is 0 Å². The molecule has 0 saturated carbocycles. The van der Waals surface area contributed by atoms with Gasteiger partial charge in [0.15, 0.2) is 0 Å². The molecule has 64 heavy (non-hydrogen) atoms. The number of benzene rings is 8. The van der Waals surface area contributed by atoms with E-state index in [0.29, 0.717) is 0 Å². The molecule has 0 fully saturated rings. The predicted molar refractivity (Wildman–Crippen MR) is 277 cm³/mol. The van der Waals surface area contributed by atoms with E-state index >= 15 is 0 Å². The molecule has 4 heteroatoms. The average molecular weight is 832 g/mol. The Morgan fingerprint density at radius 2 is 0.766 bits per heavy atom. The highest BCUT2D eigenvalue weighted by atomic mass is 15.2. The van der Waals surface area contributed by atoms with E-state index < -0.39 is 0 Å². The van der Waals surface area contributed by atoms with Gasteiger partial charge in [0.2, 0.25) is 0 Å². The maximum Gasteiger partial charge on any atom is 0.252 e. The predicted octanol–water partition coefficient (Wildman–Crippen LogP) is 14.8. The topological polar surface area (TPSA) is 9.72 Å². The van der Waals surface area contributed by atoms with Crippen molar-refractivity contribution >= 4 is 74.3 Å². The van der Waals surface area contributed by atoms with Gasteiger partial charge in [-0.1, -0.05) is 172 Å². The standard InChI is InChI=1S/C60H58BN3/c1-58(2,3)43-26-30-48(31-27-43)63-53-37-42(41-19-13-10-14-20-41)25-35-51(53)61-52-36-34-50(62(46-21-15-11-16-22-46)47-23-17-12-18-24-47)40-54(52)64(49-32-28-44(29-33-49)59(4,5)6)56-39-45(60(7,8)9)38-55(63)57(56)61/h10-40H,1-9H3. The minimum atomic E-state index is -0.129. The molecular weight excluding hydrogens is 773 g/mol. The maximum atomic E-state index is 2.56. The minimum Gasteiger partial charge on any atom is -0.311 e. The summed E-state index contributed by atoms with van der Waals surface area (Å²) >= 11 is 0. The fourth-order valence-corrected chi connectivity index (χ4v) is 9.74. The summed E-state index contributed by atoms with van der Waals surface area (Å²) in [6.07, 6.45) is 0. The van der Waals surface area contributed by atoms with Crippen LogP contribution in [0.5, 0.6) is 0 Å². The molecule has 0 N–H and O–H groups in total. The minimum absolute atomic E-state index is 0.0139. The Balaban J connectivity index is 1.29. The summed E-state index contributed by atoms with van der Waals surface area (Å²) in [5.41, 5.74) is 20.7. The van der Waals surface area contributed by atoms with Gasteiger partial charge in [-0.15, -0.1) is 0 Å². The molecule has 0 aromatic heterocycles. The molecule has 0 saturated heterocycles. The number of hydrogen-bond donors (Lipinski definition) is 0. The highest BCUT2D eigenvalue weighted by molar-refractivity contribution is 7.00. The van der Waals surface area contributed by atoms with Crippen molar-refractivity contribution in [3.05, 3.63) is 205 Å². The zero-order valence-corrected chi connectivity index (χ0v) is 38.8. The first kappa shape index (κ1) is 41.2. The molecule has 2 aliphatic heterocycles. The second kappa shape index (κ2) is 15.5. The number of rotatable bonds is 6. The number of fused-ring (bicyclic) bond motifs is 4. The highest BCUT2D eigenvalue weighted by Crippen LogP contribution is 2.48. The van der Waals surface area contributed by atoms with E-state index in [4.69, 9.17) is 0 Å². The van der Waals surface area contributed by atoms with Crippen LogP contribution in [0.15, 0.2) is 188 Å². The molecule has 0 bridgehead atoms. The quantitative estimate of drug-likeness (QED) is 0.155. The molecule has 8 aromatic carbocycles. The summed E-state index contributed by atoms with van der Waals surface area (Å²) in [7, 11) is 0. The molecule has 2 aliphatic rings. The second-order valence-electron chi connectivity index (χ2n) is 20.8. The molecule has 2 heterocycles. The van der Waals surface area contributed by atoms with Crippen molar-refractivity contribution in [3.8, 4) is 11.1 Å². The van der Waals surface area contributed by atoms with Gasteiger partial charge in [0.25, 0.3) is 6.71 Å². The summed E-state index contributed by atoms with van der Waals surface area (Å²) < 4.78 is 0. The first-order valence-corrected chi connectivity index (χ1v) is 22.9. The van der Waals surface area contributed by atoms with Crippen LogP contribution in [0.3, 0.4) is 0 Å². The smallest absolute Gasteiger partial charge is 0.252 e. The van der Waals surface area contributed by atoms with Crippen molar-refractivity contribution < 1.29 is 0 Å². The summed E-state index contributed by atoms with van der Waals surface area (Å²) in [4.78, 5) is 7.51. The molecule has 10 rings (SSSR count). The van der Waals surface area contributed by atoms with Gasteiger partial charge in [-0.05, 0) is 139 Å². The van der Waals surface area contributed by atoms with Crippen molar-refractivity contribution in [3.63, 3.8) is 0 Å². The number of nitrogens with zero attached hydrogens (tertiary/aromatic N) is 3. The van der Waals surface area contributed by atoms with Crippen LogP contribution in [0.1, 0.15) is 79.0 Å². The largest absolute Gasteiger partial charge is 0.311 e. The van der Waals surface area contributed by atoms with Gasteiger partial charge in [0.05, 0.1) is 0 Å². The normalized spacial score (nSPS) is 13.3. The summed E-state index contributed by atoms with van der Waals surface area (Å²) in [6.45, 7) is 20.8. The Bertz CT molecular complexity index is 2930. The van der Waals surface area contributed by atoms with Gasteiger partial charge in [-0.25, -0.2) is 0 Å². The first-order valence-electron chi connectivity index (χ1n) is 22.9. The lowest BCUT2D eigenvalue weighted by Crippen LogP contribution is -2.61. The molecule has 0 aliphatic carbocycles. The van der Waals surface area contributed by atoms with Crippen LogP contribution in [0.2, 0.25) is 0 Å². The first-order chi connectivity index (χ1) is 30.6. The van der Waals surface area contributed by atoms with Gasteiger partial charge in [-0.2, -0.15) is 0 Å². The van der Waals surface area contributed by atoms with Crippen LogP contribution in [-0.4, -0.2) is 6.71 Å².